The first-order valence-electron chi connectivity index (χ1n) is 8.38. The van der Waals surface area contributed by atoms with Gasteiger partial charge in [-0.15, -0.1) is 0 Å². The van der Waals surface area contributed by atoms with E-state index in [1.165, 1.54) is 0 Å². The molecule has 0 fully saturated rings. The van der Waals surface area contributed by atoms with Crippen LogP contribution in [-0.4, -0.2) is 27.5 Å². The largest absolute Gasteiger partial charge is 0.351 e. The minimum atomic E-state index is -0.154. The molecule has 5 heteroatoms. The molecule has 0 spiro atoms. The van der Waals surface area contributed by atoms with E-state index in [9.17, 15) is 4.79 Å². The van der Waals surface area contributed by atoms with Crippen LogP contribution in [0.25, 0.3) is 0 Å². The standard InChI is InChI=1S/C20H21N3O2/c1-3-23(14-16-9-11-21-12-10-16)20(24)19-13-18(22-25-19)15(2)17-7-5-4-6-8-17/h4-13,15H,3,14H2,1-2H3. The molecule has 0 radical (unpaired) electrons. The highest BCUT2D eigenvalue weighted by Gasteiger charge is 2.22. The fourth-order valence-corrected chi connectivity index (χ4v) is 2.70. The molecule has 0 saturated carbocycles. The van der Waals surface area contributed by atoms with Crippen LogP contribution in [0.2, 0.25) is 0 Å². The van der Waals surface area contributed by atoms with E-state index in [0.717, 1.165) is 16.8 Å². The van der Waals surface area contributed by atoms with Crippen molar-refractivity contribution in [3.8, 4) is 0 Å². The molecule has 0 N–H and O–H groups in total. The van der Waals surface area contributed by atoms with Gasteiger partial charge in [0.2, 0.25) is 5.76 Å². The van der Waals surface area contributed by atoms with Crippen molar-refractivity contribution in [1.82, 2.24) is 15.0 Å². The molecule has 128 valence electrons. The Labute approximate surface area is 147 Å². The van der Waals surface area contributed by atoms with Crippen molar-refractivity contribution in [3.63, 3.8) is 0 Å². The van der Waals surface area contributed by atoms with Gasteiger partial charge >= 0.3 is 0 Å². The number of amides is 1. The molecule has 3 rings (SSSR count). The Morgan fingerprint density at radius 3 is 2.56 bits per heavy atom. The number of rotatable bonds is 6. The van der Waals surface area contributed by atoms with Crippen LogP contribution in [0, 0.1) is 0 Å². The molecule has 0 aliphatic carbocycles. The second-order valence-electron chi connectivity index (χ2n) is 5.92. The van der Waals surface area contributed by atoms with Gasteiger partial charge in [-0.3, -0.25) is 9.78 Å². The Kier molecular flexibility index (Phi) is 5.23. The molecule has 0 bridgehead atoms. The molecule has 0 saturated heterocycles. The Bertz CT molecular complexity index is 815. The number of carbonyl (C=O) groups is 1. The van der Waals surface area contributed by atoms with Gasteiger partial charge in [-0.25, -0.2) is 0 Å². The summed E-state index contributed by atoms with van der Waals surface area (Å²) in [5.74, 6) is 0.189. The van der Waals surface area contributed by atoms with E-state index in [1.807, 2.05) is 49.4 Å². The third kappa shape index (κ3) is 3.94. The highest BCUT2D eigenvalue weighted by Crippen LogP contribution is 2.24. The summed E-state index contributed by atoms with van der Waals surface area (Å²) in [6.45, 7) is 5.10. The topological polar surface area (TPSA) is 59.2 Å². The number of aromatic nitrogens is 2. The normalized spacial score (nSPS) is 11.9. The number of pyridine rings is 1. The van der Waals surface area contributed by atoms with Crippen molar-refractivity contribution in [2.45, 2.75) is 26.3 Å². The second-order valence-corrected chi connectivity index (χ2v) is 5.92. The molecule has 1 aromatic carbocycles. The quantitative estimate of drug-likeness (QED) is 0.686. The number of nitrogens with zero attached hydrogens (tertiary/aromatic N) is 3. The van der Waals surface area contributed by atoms with Crippen LogP contribution in [0.15, 0.2) is 65.4 Å². The Hall–Kier alpha value is -2.95. The average Bonchev–Trinajstić information content (AvgIpc) is 3.16. The van der Waals surface area contributed by atoms with Crippen molar-refractivity contribution < 1.29 is 9.32 Å². The van der Waals surface area contributed by atoms with Crippen LogP contribution in [0.1, 0.15) is 47.1 Å². The maximum Gasteiger partial charge on any atom is 0.292 e. The van der Waals surface area contributed by atoms with Crippen LogP contribution in [0.5, 0.6) is 0 Å². The summed E-state index contributed by atoms with van der Waals surface area (Å²) in [6.07, 6.45) is 3.45. The molecule has 3 aromatic rings. The average molecular weight is 335 g/mol. The first-order chi connectivity index (χ1) is 12.2. The lowest BCUT2D eigenvalue weighted by Crippen LogP contribution is -2.30. The summed E-state index contributed by atoms with van der Waals surface area (Å²) in [6, 6.07) is 15.6. The van der Waals surface area contributed by atoms with Gasteiger partial charge in [-0.2, -0.15) is 0 Å². The molecule has 25 heavy (non-hydrogen) atoms. The molecular formula is C20H21N3O2. The van der Waals surface area contributed by atoms with Gasteiger partial charge in [0.15, 0.2) is 0 Å². The minimum Gasteiger partial charge on any atom is -0.351 e. The number of benzene rings is 1. The predicted octanol–water partition coefficient (Wildman–Crippen LogP) is 3.88. The summed E-state index contributed by atoms with van der Waals surface area (Å²) in [7, 11) is 0. The highest BCUT2D eigenvalue weighted by atomic mass is 16.5. The molecule has 2 heterocycles. The van der Waals surface area contributed by atoms with Crippen molar-refractivity contribution in [1.29, 1.82) is 0 Å². The van der Waals surface area contributed by atoms with Crippen LogP contribution in [-0.2, 0) is 6.54 Å². The maximum absolute atomic E-state index is 12.7. The van der Waals surface area contributed by atoms with Crippen LogP contribution in [0.3, 0.4) is 0 Å². The van der Waals surface area contributed by atoms with E-state index in [0.29, 0.717) is 13.1 Å². The van der Waals surface area contributed by atoms with E-state index >= 15 is 0 Å². The summed E-state index contributed by atoms with van der Waals surface area (Å²) < 4.78 is 5.34. The summed E-state index contributed by atoms with van der Waals surface area (Å²) >= 11 is 0. The van der Waals surface area contributed by atoms with Crippen LogP contribution >= 0.6 is 0 Å². The number of hydrogen-bond acceptors (Lipinski definition) is 4. The van der Waals surface area contributed by atoms with E-state index in [2.05, 4.69) is 17.1 Å². The SMILES string of the molecule is CCN(Cc1ccncc1)C(=O)c1cc(C(C)c2ccccc2)no1. The Balaban J connectivity index is 1.75. The van der Waals surface area contributed by atoms with E-state index in [1.54, 1.807) is 23.4 Å². The van der Waals surface area contributed by atoms with E-state index in [4.69, 9.17) is 4.52 Å². The van der Waals surface area contributed by atoms with Crippen molar-refractivity contribution in [2.75, 3.05) is 6.54 Å². The highest BCUT2D eigenvalue weighted by molar-refractivity contribution is 5.91. The van der Waals surface area contributed by atoms with Gasteiger partial charge < -0.3 is 9.42 Å². The zero-order valence-corrected chi connectivity index (χ0v) is 14.4. The first kappa shape index (κ1) is 16.9. The molecule has 1 amide bonds. The molecular weight excluding hydrogens is 314 g/mol. The Morgan fingerprint density at radius 2 is 1.88 bits per heavy atom. The molecule has 2 aromatic heterocycles. The smallest absolute Gasteiger partial charge is 0.292 e. The second kappa shape index (κ2) is 7.75. The number of carbonyl (C=O) groups excluding carboxylic acids is 1. The summed E-state index contributed by atoms with van der Waals surface area (Å²) in [5, 5.41) is 4.10. The van der Waals surface area contributed by atoms with Gasteiger partial charge in [-0.1, -0.05) is 42.4 Å². The monoisotopic (exact) mass is 335 g/mol. The van der Waals surface area contributed by atoms with E-state index in [-0.39, 0.29) is 17.6 Å². The lowest BCUT2D eigenvalue weighted by Gasteiger charge is -2.19. The van der Waals surface area contributed by atoms with Crippen molar-refractivity contribution in [3.05, 3.63) is 83.5 Å². The molecule has 0 aliphatic rings. The van der Waals surface area contributed by atoms with Gasteiger partial charge in [-0.05, 0) is 30.2 Å². The lowest BCUT2D eigenvalue weighted by molar-refractivity contribution is 0.0710. The third-order valence-corrected chi connectivity index (χ3v) is 4.27. The van der Waals surface area contributed by atoms with Gasteiger partial charge in [0.05, 0.1) is 5.69 Å². The van der Waals surface area contributed by atoms with Crippen LogP contribution in [0.4, 0.5) is 0 Å². The van der Waals surface area contributed by atoms with Crippen LogP contribution < -0.4 is 0 Å². The summed E-state index contributed by atoms with van der Waals surface area (Å²) in [4.78, 5) is 18.5. The zero-order chi connectivity index (χ0) is 17.6. The maximum atomic E-state index is 12.7. The fraction of sp³-hybridized carbons (Fsp3) is 0.250. The van der Waals surface area contributed by atoms with Gasteiger partial charge in [0, 0.05) is 37.5 Å². The van der Waals surface area contributed by atoms with Gasteiger partial charge in [0.25, 0.3) is 5.91 Å². The first-order valence-corrected chi connectivity index (χ1v) is 8.38. The number of hydrogen-bond donors (Lipinski definition) is 0. The summed E-state index contributed by atoms with van der Waals surface area (Å²) in [5.41, 5.74) is 2.93. The lowest BCUT2D eigenvalue weighted by atomic mass is 9.98. The predicted molar refractivity (Wildman–Crippen MR) is 95.1 cm³/mol. The zero-order valence-electron chi connectivity index (χ0n) is 14.4. The minimum absolute atomic E-state index is 0.0711. The van der Waals surface area contributed by atoms with E-state index < -0.39 is 0 Å². The Morgan fingerprint density at radius 1 is 1.16 bits per heavy atom. The van der Waals surface area contributed by atoms with Crippen molar-refractivity contribution in [2.24, 2.45) is 0 Å². The molecule has 5 nitrogen and oxygen atoms in total. The third-order valence-electron chi connectivity index (χ3n) is 4.27. The molecule has 1 atom stereocenters. The van der Waals surface area contributed by atoms with Gasteiger partial charge in [0.1, 0.15) is 0 Å². The fourth-order valence-electron chi connectivity index (χ4n) is 2.70. The van der Waals surface area contributed by atoms with Crippen molar-refractivity contribution >= 4 is 5.91 Å². The molecule has 1 unspecified atom stereocenters. The molecule has 0 aliphatic heterocycles.